The minimum Gasteiger partial charge on any atom is -0.494 e. The van der Waals surface area contributed by atoms with Crippen molar-refractivity contribution in [1.82, 2.24) is 0 Å². The number of nitrogens with two attached hydrogens (primary N) is 2. The van der Waals surface area contributed by atoms with E-state index in [0.29, 0.717) is 6.61 Å². The SMILES string of the molecule is CCCOc1ccc(C(N)CC(N)=O)cc1. The van der Waals surface area contributed by atoms with Crippen molar-refractivity contribution in [3.05, 3.63) is 29.8 Å². The molecule has 1 amide bonds. The maximum absolute atomic E-state index is 10.7. The van der Waals surface area contributed by atoms with E-state index in [1.807, 2.05) is 24.3 Å². The fourth-order valence-corrected chi connectivity index (χ4v) is 1.37. The Kier molecular flexibility index (Phi) is 4.79. The van der Waals surface area contributed by atoms with E-state index in [4.69, 9.17) is 16.2 Å². The molecule has 1 aromatic carbocycles. The molecule has 88 valence electrons. The van der Waals surface area contributed by atoms with Crippen molar-refractivity contribution in [1.29, 1.82) is 0 Å². The third-order valence-corrected chi connectivity index (χ3v) is 2.20. The van der Waals surface area contributed by atoms with Crippen LogP contribution in [-0.2, 0) is 4.79 Å². The van der Waals surface area contributed by atoms with Gasteiger partial charge in [0.15, 0.2) is 0 Å². The fraction of sp³-hybridized carbons (Fsp3) is 0.417. The zero-order valence-corrected chi connectivity index (χ0v) is 9.48. The summed E-state index contributed by atoms with van der Waals surface area (Å²) in [6, 6.07) is 7.09. The minimum absolute atomic E-state index is 0.162. The lowest BCUT2D eigenvalue weighted by atomic mass is 10.0. The molecule has 0 radical (unpaired) electrons. The van der Waals surface area contributed by atoms with Crippen LogP contribution in [0.2, 0.25) is 0 Å². The Hall–Kier alpha value is -1.55. The summed E-state index contributed by atoms with van der Waals surface area (Å²) in [6.07, 6.45) is 1.14. The molecule has 1 atom stereocenters. The third-order valence-electron chi connectivity index (χ3n) is 2.20. The number of hydrogen-bond donors (Lipinski definition) is 2. The molecule has 1 rings (SSSR count). The smallest absolute Gasteiger partial charge is 0.219 e. The number of primary amides is 1. The van der Waals surface area contributed by atoms with Crippen LogP contribution in [0.25, 0.3) is 0 Å². The van der Waals surface area contributed by atoms with Crippen LogP contribution in [0.5, 0.6) is 5.75 Å². The molecule has 1 aromatic rings. The normalized spacial score (nSPS) is 12.1. The summed E-state index contributed by atoms with van der Waals surface area (Å²) in [5, 5.41) is 0. The molecule has 0 aliphatic carbocycles. The Balaban J connectivity index is 2.59. The second-order valence-corrected chi connectivity index (χ2v) is 3.69. The van der Waals surface area contributed by atoms with Crippen LogP contribution in [0.3, 0.4) is 0 Å². The van der Waals surface area contributed by atoms with E-state index < -0.39 is 0 Å². The summed E-state index contributed by atoms with van der Waals surface area (Å²) >= 11 is 0. The van der Waals surface area contributed by atoms with Crippen molar-refractivity contribution >= 4 is 5.91 Å². The fourth-order valence-electron chi connectivity index (χ4n) is 1.37. The molecule has 0 heterocycles. The lowest BCUT2D eigenvalue weighted by molar-refractivity contribution is -0.118. The van der Waals surface area contributed by atoms with Crippen molar-refractivity contribution in [2.75, 3.05) is 6.61 Å². The Morgan fingerprint density at radius 1 is 1.38 bits per heavy atom. The van der Waals surface area contributed by atoms with Crippen LogP contribution in [0.4, 0.5) is 0 Å². The maximum Gasteiger partial charge on any atom is 0.219 e. The van der Waals surface area contributed by atoms with Gasteiger partial charge in [0.1, 0.15) is 5.75 Å². The molecule has 0 bridgehead atoms. The Morgan fingerprint density at radius 3 is 2.50 bits per heavy atom. The van der Waals surface area contributed by atoms with Crippen molar-refractivity contribution in [2.45, 2.75) is 25.8 Å². The predicted octanol–water partition coefficient (Wildman–Crippen LogP) is 1.35. The Bertz CT molecular complexity index is 335. The highest BCUT2D eigenvalue weighted by Crippen LogP contribution is 2.18. The summed E-state index contributed by atoms with van der Waals surface area (Å²) in [5.74, 6) is 0.427. The number of amides is 1. The quantitative estimate of drug-likeness (QED) is 0.762. The molecule has 0 aromatic heterocycles. The van der Waals surface area contributed by atoms with Crippen molar-refractivity contribution in [2.24, 2.45) is 11.5 Å². The second-order valence-electron chi connectivity index (χ2n) is 3.69. The number of ether oxygens (including phenoxy) is 1. The molecule has 0 fully saturated rings. The predicted molar refractivity (Wildman–Crippen MR) is 63.0 cm³/mol. The molecular formula is C12H18N2O2. The van der Waals surface area contributed by atoms with E-state index in [9.17, 15) is 4.79 Å². The second kappa shape index (κ2) is 6.12. The lowest BCUT2D eigenvalue weighted by Crippen LogP contribution is -2.20. The third kappa shape index (κ3) is 3.90. The van der Waals surface area contributed by atoms with Crippen molar-refractivity contribution < 1.29 is 9.53 Å². The summed E-state index contributed by atoms with van der Waals surface area (Å²) in [4.78, 5) is 10.7. The first kappa shape index (κ1) is 12.5. The molecule has 0 saturated carbocycles. The van der Waals surface area contributed by atoms with Gasteiger partial charge < -0.3 is 16.2 Å². The zero-order chi connectivity index (χ0) is 12.0. The summed E-state index contributed by atoms with van der Waals surface area (Å²) < 4.78 is 5.44. The van der Waals surface area contributed by atoms with Gasteiger partial charge in [0, 0.05) is 12.5 Å². The van der Waals surface area contributed by atoms with Crippen LogP contribution in [0.15, 0.2) is 24.3 Å². The molecule has 0 saturated heterocycles. The van der Waals surface area contributed by atoms with Gasteiger partial charge in [-0.05, 0) is 24.1 Å². The first-order valence-corrected chi connectivity index (χ1v) is 5.40. The van der Waals surface area contributed by atoms with Gasteiger partial charge in [-0.2, -0.15) is 0 Å². The molecule has 4 nitrogen and oxygen atoms in total. The average Bonchev–Trinajstić information content (AvgIpc) is 2.26. The highest BCUT2D eigenvalue weighted by molar-refractivity contribution is 5.74. The lowest BCUT2D eigenvalue weighted by Gasteiger charge is -2.11. The van der Waals surface area contributed by atoms with Gasteiger partial charge in [0.25, 0.3) is 0 Å². The highest BCUT2D eigenvalue weighted by Gasteiger charge is 2.08. The summed E-state index contributed by atoms with van der Waals surface area (Å²) in [6.45, 7) is 2.75. The van der Waals surface area contributed by atoms with E-state index in [2.05, 4.69) is 6.92 Å². The molecular weight excluding hydrogens is 204 g/mol. The molecule has 0 aliphatic heterocycles. The number of carbonyl (C=O) groups excluding carboxylic acids is 1. The zero-order valence-electron chi connectivity index (χ0n) is 9.48. The summed E-state index contributed by atoms with van der Waals surface area (Å²) in [7, 11) is 0. The van der Waals surface area contributed by atoms with Crippen LogP contribution in [0.1, 0.15) is 31.4 Å². The molecule has 1 unspecified atom stereocenters. The number of rotatable bonds is 6. The van der Waals surface area contributed by atoms with E-state index in [0.717, 1.165) is 17.7 Å². The van der Waals surface area contributed by atoms with E-state index in [1.165, 1.54) is 0 Å². The van der Waals surface area contributed by atoms with E-state index in [-0.39, 0.29) is 18.4 Å². The number of benzene rings is 1. The molecule has 0 spiro atoms. The van der Waals surface area contributed by atoms with Gasteiger partial charge in [0.2, 0.25) is 5.91 Å². The molecule has 4 N–H and O–H groups in total. The Labute approximate surface area is 95.6 Å². The van der Waals surface area contributed by atoms with E-state index in [1.54, 1.807) is 0 Å². The van der Waals surface area contributed by atoms with Gasteiger partial charge in [-0.15, -0.1) is 0 Å². The van der Waals surface area contributed by atoms with E-state index >= 15 is 0 Å². The van der Waals surface area contributed by atoms with Gasteiger partial charge in [-0.1, -0.05) is 19.1 Å². The van der Waals surface area contributed by atoms with Crippen molar-refractivity contribution in [3.8, 4) is 5.75 Å². The van der Waals surface area contributed by atoms with Gasteiger partial charge in [0.05, 0.1) is 6.61 Å². The standard InChI is InChI=1S/C12H18N2O2/c1-2-7-16-10-5-3-9(4-6-10)11(13)8-12(14)15/h3-6,11H,2,7-8,13H2,1H3,(H2,14,15). The van der Waals surface area contributed by atoms with Gasteiger partial charge in [-0.25, -0.2) is 0 Å². The van der Waals surface area contributed by atoms with Crippen LogP contribution >= 0.6 is 0 Å². The number of carbonyl (C=O) groups is 1. The number of hydrogen-bond acceptors (Lipinski definition) is 3. The minimum atomic E-state index is -0.390. The Morgan fingerprint density at radius 2 is 2.00 bits per heavy atom. The first-order valence-electron chi connectivity index (χ1n) is 5.40. The van der Waals surface area contributed by atoms with Gasteiger partial charge >= 0.3 is 0 Å². The first-order chi connectivity index (χ1) is 7.63. The van der Waals surface area contributed by atoms with Crippen LogP contribution in [-0.4, -0.2) is 12.5 Å². The topological polar surface area (TPSA) is 78.3 Å². The highest BCUT2D eigenvalue weighted by atomic mass is 16.5. The van der Waals surface area contributed by atoms with Crippen molar-refractivity contribution in [3.63, 3.8) is 0 Å². The van der Waals surface area contributed by atoms with Gasteiger partial charge in [-0.3, -0.25) is 4.79 Å². The monoisotopic (exact) mass is 222 g/mol. The van der Waals surface area contributed by atoms with Crippen LogP contribution < -0.4 is 16.2 Å². The van der Waals surface area contributed by atoms with Crippen LogP contribution in [0, 0.1) is 0 Å². The molecule has 4 heteroatoms. The maximum atomic E-state index is 10.7. The largest absolute Gasteiger partial charge is 0.494 e. The average molecular weight is 222 g/mol. The molecule has 16 heavy (non-hydrogen) atoms. The molecule has 0 aliphatic rings. The summed E-state index contributed by atoms with van der Waals surface area (Å²) in [5.41, 5.74) is 11.8.